The number of methoxy groups -OCH3 is 1. The summed E-state index contributed by atoms with van der Waals surface area (Å²) in [5.74, 6) is 1.23. The molecule has 26 heavy (non-hydrogen) atoms. The van der Waals surface area contributed by atoms with Crippen molar-refractivity contribution in [1.29, 1.82) is 0 Å². The van der Waals surface area contributed by atoms with Crippen LogP contribution in [0.3, 0.4) is 0 Å². The van der Waals surface area contributed by atoms with E-state index in [2.05, 4.69) is 9.97 Å². The monoisotopic (exact) mass is 362 g/mol. The number of nitrogens with zero attached hydrogens (tertiary/aromatic N) is 2. The first-order chi connectivity index (χ1) is 12.4. The van der Waals surface area contributed by atoms with E-state index in [0.29, 0.717) is 17.4 Å². The van der Waals surface area contributed by atoms with E-state index in [1.54, 1.807) is 30.3 Å². The second-order valence-electron chi connectivity index (χ2n) is 5.08. The van der Waals surface area contributed by atoms with Crippen molar-refractivity contribution in [3.05, 3.63) is 66.4 Å². The van der Waals surface area contributed by atoms with Gasteiger partial charge in [0.15, 0.2) is 0 Å². The molecule has 0 amide bonds. The number of aromatic nitrogens is 2. The molecule has 1 aromatic heterocycles. The second-order valence-corrected chi connectivity index (χ2v) is 5.08. The standard InChI is InChI=1S/C18H13F3N2O3/c1-24-17-22-10-9-16(23-17)26-14-7-5-13(6-8-14)25-15-4-2-3-12(11-15)18(19,20)21/h2-11H,1H3. The van der Waals surface area contributed by atoms with Gasteiger partial charge >= 0.3 is 12.2 Å². The van der Waals surface area contributed by atoms with Crippen molar-refractivity contribution < 1.29 is 27.4 Å². The van der Waals surface area contributed by atoms with Crippen LogP contribution in [0.15, 0.2) is 60.8 Å². The van der Waals surface area contributed by atoms with Crippen molar-refractivity contribution in [3.8, 4) is 29.1 Å². The minimum Gasteiger partial charge on any atom is -0.467 e. The van der Waals surface area contributed by atoms with E-state index < -0.39 is 11.7 Å². The van der Waals surface area contributed by atoms with Crippen LogP contribution >= 0.6 is 0 Å². The zero-order valence-corrected chi connectivity index (χ0v) is 13.5. The third kappa shape index (κ3) is 4.41. The van der Waals surface area contributed by atoms with Crippen molar-refractivity contribution in [2.24, 2.45) is 0 Å². The second kappa shape index (κ2) is 7.30. The fourth-order valence-corrected chi connectivity index (χ4v) is 2.05. The van der Waals surface area contributed by atoms with Gasteiger partial charge in [0.2, 0.25) is 5.88 Å². The van der Waals surface area contributed by atoms with Crippen LogP contribution < -0.4 is 14.2 Å². The number of alkyl halides is 3. The summed E-state index contributed by atoms with van der Waals surface area (Å²) in [4.78, 5) is 7.89. The fraction of sp³-hybridized carbons (Fsp3) is 0.111. The van der Waals surface area contributed by atoms with Gasteiger partial charge < -0.3 is 14.2 Å². The molecule has 5 nitrogen and oxygen atoms in total. The Morgan fingerprint density at radius 3 is 2.19 bits per heavy atom. The van der Waals surface area contributed by atoms with Crippen LogP contribution in [0.4, 0.5) is 13.2 Å². The third-order valence-corrected chi connectivity index (χ3v) is 3.23. The Morgan fingerprint density at radius 1 is 0.846 bits per heavy atom. The van der Waals surface area contributed by atoms with Gasteiger partial charge in [-0.05, 0) is 42.5 Å². The zero-order chi connectivity index (χ0) is 18.6. The maximum absolute atomic E-state index is 12.7. The number of hydrogen-bond acceptors (Lipinski definition) is 5. The van der Waals surface area contributed by atoms with Crippen molar-refractivity contribution in [3.63, 3.8) is 0 Å². The largest absolute Gasteiger partial charge is 0.467 e. The van der Waals surface area contributed by atoms with Crippen LogP contribution in [-0.2, 0) is 6.18 Å². The van der Waals surface area contributed by atoms with E-state index >= 15 is 0 Å². The molecule has 3 aromatic rings. The first-order valence-electron chi connectivity index (χ1n) is 7.44. The Labute approximate surface area is 147 Å². The summed E-state index contributed by atoms with van der Waals surface area (Å²) in [5.41, 5.74) is -0.771. The van der Waals surface area contributed by atoms with Crippen molar-refractivity contribution in [2.75, 3.05) is 7.11 Å². The quantitative estimate of drug-likeness (QED) is 0.633. The molecule has 0 radical (unpaired) electrons. The Hall–Kier alpha value is -3.29. The lowest BCUT2D eigenvalue weighted by Crippen LogP contribution is -2.04. The lowest BCUT2D eigenvalue weighted by Gasteiger charge is -2.10. The van der Waals surface area contributed by atoms with Gasteiger partial charge in [-0.25, -0.2) is 4.98 Å². The smallest absolute Gasteiger partial charge is 0.416 e. The van der Waals surface area contributed by atoms with E-state index in [1.165, 1.54) is 25.4 Å². The van der Waals surface area contributed by atoms with E-state index in [-0.39, 0.29) is 11.8 Å². The van der Waals surface area contributed by atoms with Crippen LogP contribution in [-0.4, -0.2) is 17.1 Å². The van der Waals surface area contributed by atoms with Gasteiger partial charge in [-0.15, -0.1) is 0 Å². The molecule has 0 bridgehead atoms. The first kappa shape index (κ1) is 17.5. The van der Waals surface area contributed by atoms with Gasteiger partial charge in [0.25, 0.3) is 0 Å². The molecule has 1 heterocycles. The van der Waals surface area contributed by atoms with E-state index in [1.807, 2.05) is 0 Å². The lowest BCUT2D eigenvalue weighted by molar-refractivity contribution is -0.137. The van der Waals surface area contributed by atoms with Crippen molar-refractivity contribution >= 4 is 0 Å². The van der Waals surface area contributed by atoms with E-state index in [9.17, 15) is 13.2 Å². The normalized spacial score (nSPS) is 11.1. The number of hydrogen-bond donors (Lipinski definition) is 0. The van der Waals surface area contributed by atoms with Crippen LogP contribution in [0.25, 0.3) is 0 Å². The molecule has 0 unspecified atom stereocenters. The van der Waals surface area contributed by atoms with E-state index in [0.717, 1.165) is 12.1 Å². The van der Waals surface area contributed by atoms with E-state index in [4.69, 9.17) is 14.2 Å². The molecule has 0 spiro atoms. The van der Waals surface area contributed by atoms with Gasteiger partial charge in [0, 0.05) is 12.3 Å². The SMILES string of the molecule is COc1nccc(Oc2ccc(Oc3cccc(C(F)(F)F)c3)cc2)n1. The first-order valence-corrected chi connectivity index (χ1v) is 7.44. The van der Waals surface area contributed by atoms with Crippen LogP contribution in [0.5, 0.6) is 29.1 Å². The van der Waals surface area contributed by atoms with Crippen LogP contribution in [0.1, 0.15) is 5.56 Å². The molecule has 0 saturated carbocycles. The number of benzene rings is 2. The predicted molar refractivity (Wildman–Crippen MR) is 86.6 cm³/mol. The van der Waals surface area contributed by atoms with Gasteiger partial charge in [-0.1, -0.05) is 6.07 Å². The minimum absolute atomic E-state index is 0.0917. The van der Waals surface area contributed by atoms with Gasteiger partial charge in [-0.2, -0.15) is 18.2 Å². The summed E-state index contributed by atoms with van der Waals surface area (Å²) in [5, 5.41) is 0. The highest BCUT2D eigenvalue weighted by Crippen LogP contribution is 2.33. The maximum Gasteiger partial charge on any atom is 0.416 e. The van der Waals surface area contributed by atoms with Crippen LogP contribution in [0.2, 0.25) is 0 Å². The zero-order valence-electron chi connectivity index (χ0n) is 13.5. The lowest BCUT2D eigenvalue weighted by atomic mass is 10.2. The minimum atomic E-state index is -4.42. The highest BCUT2D eigenvalue weighted by molar-refractivity contribution is 5.38. The molecular formula is C18H13F3N2O3. The molecular weight excluding hydrogens is 349 g/mol. The average Bonchev–Trinajstić information content (AvgIpc) is 2.63. The summed E-state index contributed by atoms with van der Waals surface area (Å²) in [7, 11) is 1.44. The molecule has 134 valence electrons. The predicted octanol–water partition coefficient (Wildman–Crippen LogP) is 5.09. The summed E-state index contributed by atoms with van der Waals surface area (Å²) in [6.45, 7) is 0. The maximum atomic E-state index is 12.7. The average molecular weight is 362 g/mol. The Kier molecular flexibility index (Phi) is 4.92. The Balaban J connectivity index is 1.70. The molecule has 2 aromatic carbocycles. The topological polar surface area (TPSA) is 53.5 Å². The summed E-state index contributed by atoms with van der Waals surface area (Å²) < 4.78 is 54.1. The van der Waals surface area contributed by atoms with Gasteiger partial charge in [0.05, 0.1) is 12.7 Å². The molecule has 0 aliphatic heterocycles. The number of halogens is 3. The molecule has 0 fully saturated rings. The van der Waals surface area contributed by atoms with Crippen LogP contribution in [0, 0.1) is 0 Å². The molecule has 0 aliphatic carbocycles. The highest BCUT2D eigenvalue weighted by atomic mass is 19.4. The molecule has 8 heteroatoms. The molecule has 0 N–H and O–H groups in total. The number of rotatable bonds is 5. The summed E-state index contributed by atoms with van der Waals surface area (Å²) in [6.07, 6.45) is -2.93. The Morgan fingerprint density at radius 2 is 1.54 bits per heavy atom. The van der Waals surface area contributed by atoms with Gasteiger partial charge in [0.1, 0.15) is 17.2 Å². The van der Waals surface area contributed by atoms with Crippen molar-refractivity contribution in [1.82, 2.24) is 9.97 Å². The highest BCUT2D eigenvalue weighted by Gasteiger charge is 2.30. The summed E-state index contributed by atoms with van der Waals surface area (Å²) >= 11 is 0. The fourth-order valence-electron chi connectivity index (χ4n) is 2.05. The molecule has 3 rings (SSSR count). The third-order valence-electron chi connectivity index (χ3n) is 3.23. The van der Waals surface area contributed by atoms with Crippen molar-refractivity contribution in [2.45, 2.75) is 6.18 Å². The van der Waals surface area contributed by atoms with Gasteiger partial charge in [-0.3, -0.25) is 0 Å². The Bertz CT molecular complexity index is 883. The molecule has 0 atom stereocenters. The summed E-state index contributed by atoms with van der Waals surface area (Å²) in [6, 6.07) is 12.8. The molecule has 0 aliphatic rings. The molecule has 0 saturated heterocycles. The number of ether oxygens (including phenoxy) is 3.